The predicted molar refractivity (Wildman–Crippen MR) is 86.8 cm³/mol. The molecule has 1 heterocycles. The van der Waals surface area contributed by atoms with Crippen LogP contribution in [0.2, 0.25) is 0 Å². The van der Waals surface area contributed by atoms with Gasteiger partial charge in [-0.05, 0) is 37.1 Å². The first-order valence-corrected chi connectivity index (χ1v) is 7.31. The smallest absolute Gasteiger partial charge is 0.260 e. The molecule has 2 N–H and O–H groups in total. The first kappa shape index (κ1) is 13.8. The Morgan fingerprint density at radius 2 is 1.90 bits per heavy atom. The van der Waals surface area contributed by atoms with Gasteiger partial charge in [-0.1, -0.05) is 45.4 Å². The van der Waals surface area contributed by atoms with Crippen LogP contribution in [-0.4, -0.2) is 10.1 Å². The second-order valence-corrected chi connectivity index (χ2v) is 5.78. The number of rotatable bonds is 2. The molecule has 0 amide bonds. The van der Waals surface area contributed by atoms with E-state index in [1.165, 1.54) is 0 Å². The number of benzene rings is 2. The zero-order valence-corrected chi connectivity index (χ0v) is 13.3. The summed E-state index contributed by atoms with van der Waals surface area (Å²) in [6, 6.07) is 11.7. The van der Waals surface area contributed by atoms with Gasteiger partial charge in [0.1, 0.15) is 0 Å². The maximum atomic E-state index is 6.01. The molecule has 0 aliphatic rings. The third kappa shape index (κ3) is 2.56. The Morgan fingerprint density at radius 1 is 1.10 bits per heavy atom. The standard InChI is InChI=1S/C16H14BrN3O/c1-9-6-7-11(8-12(9)17)15-19-16(21-20-15)14-10(2)4-3-5-13(14)18/h3-8H,18H2,1-2H3. The lowest BCUT2D eigenvalue weighted by molar-refractivity contribution is 0.432. The van der Waals surface area contributed by atoms with Gasteiger partial charge < -0.3 is 10.3 Å². The molecular formula is C16H14BrN3O. The van der Waals surface area contributed by atoms with E-state index in [4.69, 9.17) is 10.3 Å². The predicted octanol–water partition coefficient (Wildman–Crippen LogP) is 4.37. The summed E-state index contributed by atoms with van der Waals surface area (Å²) in [5.41, 5.74) is 10.5. The zero-order valence-electron chi connectivity index (χ0n) is 11.7. The molecule has 1 aromatic heterocycles. The fourth-order valence-electron chi connectivity index (χ4n) is 2.16. The SMILES string of the molecule is Cc1ccc(-c2noc(-c3c(C)cccc3N)n2)cc1Br. The number of aryl methyl sites for hydroxylation is 2. The van der Waals surface area contributed by atoms with Gasteiger partial charge in [0.05, 0.1) is 5.56 Å². The molecule has 0 unspecified atom stereocenters. The number of nitrogens with two attached hydrogens (primary N) is 1. The van der Waals surface area contributed by atoms with Crippen molar-refractivity contribution in [2.24, 2.45) is 0 Å². The average molecular weight is 344 g/mol. The third-order valence-corrected chi connectivity index (χ3v) is 4.23. The minimum absolute atomic E-state index is 0.442. The lowest BCUT2D eigenvalue weighted by atomic mass is 10.1. The highest BCUT2D eigenvalue weighted by Gasteiger charge is 2.15. The van der Waals surface area contributed by atoms with E-state index in [-0.39, 0.29) is 0 Å². The molecule has 0 radical (unpaired) electrons. The van der Waals surface area contributed by atoms with E-state index in [0.29, 0.717) is 17.4 Å². The van der Waals surface area contributed by atoms with Crippen molar-refractivity contribution in [3.8, 4) is 22.8 Å². The number of aromatic nitrogens is 2. The summed E-state index contributed by atoms with van der Waals surface area (Å²) in [5, 5.41) is 4.05. The highest BCUT2D eigenvalue weighted by Crippen LogP contribution is 2.30. The Kier molecular flexibility index (Phi) is 3.51. The summed E-state index contributed by atoms with van der Waals surface area (Å²) in [6.07, 6.45) is 0. The first-order chi connectivity index (χ1) is 10.1. The Morgan fingerprint density at radius 3 is 2.62 bits per heavy atom. The average Bonchev–Trinajstić information content (AvgIpc) is 2.91. The molecule has 0 aliphatic carbocycles. The summed E-state index contributed by atoms with van der Waals surface area (Å²) in [4.78, 5) is 4.46. The van der Waals surface area contributed by atoms with Crippen molar-refractivity contribution >= 4 is 21.6 Å². The zero-order chi connectivity index (χ0) is 15.0. The van der Waals surface area contributed by atoms with E-state index in [1.807, 2.05) is 50.2 Å². The molecule has 0 bridgehead atoms. The number of nitrogens with zero attached hydrogens (tertiary/aromatic N) is 2. The molecule has 0 atom stereocenters. The van der Waals surface area contributed by atoms with Crippen LogP contribution >= 0.6 is 15.9 Å². The summed E-state index contributed by atoms with van der Waals surface area (Å²) in [5.74, 6) is 0.991. The summed E-state index contributed by atoms with van der Waals surface area (Å²) < 4.78 is 6.40. The van der Waals surface area contributed by atoms with Crippen LogP contribution in [0.25, 0.3) is 22.8 Å². The molecule has 0 aliphatic heterocycles. The molecule has 2 aromatic carbocycles. The first-order valence-electron chi connectivity index (χ1n) is 6.52. The van der Waals surface area contributed by atoms with Crippen molar-refractivity contribution in [2.75, 3.05) is 5.73 Å². The number of hydrogen-bond acceptors (Lipinski definition) is 4. The van der Waals surface area contributed by atoms with Gasteiger partial charge in [-0.2, -0.15) is 4.98 Å². The Balaban J connectivity index is 2.06. The lowest BCUT2D eigenvalue weighted by Gasteiger charge is -2.03. The van der Waals surface area contributed by atoms with Gasteiger partial charge in [0.15, 0.2) is 0 Å². The largest absolute Gasteiger partial charge is 0.398 e. The van der Waals surface area contributed by atoms with Gasteiger partial charge >= 0.3 is 0 Å². The minimum Gasteiger partial charge on any atom is -0.398 e. The quantitative estimate of drug-likeness (QED) is 0.702. The number of halogens is 1. The topological polar surface area (TPSA) is 64.9 Å². The van der Waals surface area contributed by atoms with Crippen LogP contribution in [0.1, 0.15) is 11.1 Å². The summed E-state index contributed by atoms with van der Waals surface area (Å²) in [6.45, 7) is 4.00. The molecule has 4 nitrogen and oxygen atoms in total. The molecule has 0 fully saturated rings. The van der Waals surface area contributed by atoms with Gasteiger partial charge in [-0.25, -0.2) is 0 Å². The van der Waals surface area contributed by atoms with Gasteiger partial charge in [-0.3, -0.25) is 0 Å². The number of hydrogen-bond donors (Lipinski definition) is 1. The highest BCUT2D eigenvalue weighted by atomic mass is 79.9. The Bertz CT molecular complexity index is 791. The maximum absolute atomic E-state index is 6.01. The van der Waals surface area contributed by atoms with Gasteiger partial charge in [-0.15, -0.1) is 0 Å². The molecule has 0 spiro atoms. The van der Waals surface area contributed by atoms with Gasteiger partial charge in [0.2, 0.25) is 5.82 Å². The van der Waals surface area contributed by atoms with Crippen LogP contribution in [0.5, 0.6) is 0 Å². The van der Waals surface area contributed by atoms with E-state index in [9.17, 15) is 0 Å². The van der Waals surface area contributed by atoms with Crippen LogP contribution < -0.4 is 5.73 Å². The van der Waals surface area contributed by atoms with E-state index < -0.39 is 0 Å². The number of anilines is 1. The van der Waals surface area contributed by atoms with Crippen molar-refractivity contribution in [1.29, 1.82) is 0 Å². The summed E-state index contributed by atoms with van der Waals surface area (Å²) in [7, 11) is 0. The monoisotopic (exact) mass is 343 g/mol. The van der Waals surface area contributed by atoms with Crippen LogP contribution in [-0.2, 0) is 0 Å². The minimum atomic E-state index is 0.442. The van der Waals surface area contributed by atoms with Crippen molar-refractivity contribution in [3.63, 3.8) is 0 Å². The van der Waals surface area contributed by atoms with E-state index in [2.05, 4.69) is 26.1 Å². The normalized spacial score (nSPS) is 10.8. The molecule has 21 heavy (non-hydrogen) atoms. The molecular weight excluding hydrogens is 330 g/mol. The fourth-order valence-corrected chi connectivity index (χ4v) is 2.54. The van der Waals surface area contributed by atoms with Crippen LogP contribution in [0, 0.1) is 13.8 Å². The molecule has 0 saturated carbocycles. The second-order valence-electron chi connectivity index (χ2n) is 4.93. The van der Waals surface area contributed by atoms with Crippen molar-refractivity contribution < 1.29 is 4.52 Å². The Hall–Kier alpha value is -2.14. The highest BCUT2D eigenvalue weighted by molar-refractivity contribution is 9.10. The van der Waals surface area contributed by atoms with Gasteiger partial charge in [0.25, 0.3) is 5.89 Å². The molecule has 106 valence electrons. The summed E-state index contributed by atoms with van der Waals surface area (Å²) >= 11 is 3.51. The molecule has 5 heteroatoms. The molecule has 3 aromatic rings. The van der Waals surface area contributed by atoms with Crippen molar-refractivity contribution in [3.05, 3.63) is 52.0 Å². The molecule has 0 saturated heterocycles. The van der Waals surface area contributed by atoms with Gasteiger partial charge in [0, 0.05) is 15.7 Å². The van der Waals surface area contributed by atoms with Crippen LogP contribution in [0.4, 0.5) is 5.69 Å². The van der Waals surface area contributed by atoms with E-state index in [0.717, 1.165) is 26.7 Å². The van der Waals surface area contributed by atoms with Crippen molar-refractivity contribution in [1.82, 2.24) is 10.1 Å². The van der Waals surface area contributed by atoms with Crippen LogP contribution in [0.3, 0.4) is 0 Å². The second kappa shape index (κ2) is 5.33. The van der Waals surface area contributed by atoms with E-state index >= 15 is 0 Å². The van der Waals surface area contributed by atoms with Crippen LogP contribution in [0.15, 0.2) is 45.4 Å². The lowest BCUT2D eigenvalue weighted by Crippen LogP contribution is -1.92. The third-order valence-electron chi connectivity index (χ3n) is 3.37. The Labute approximate surface area is 131 Å². The molecule has 3 rings (SSSR count). The number of nitrogen functional groups attached to an aromatic ring is 1. The maximum Gasteiger partial charge on any atom is 0.260 e. The fraction of sp³-hybridized carbons (Fsp3) is 0.125. The van der Waals surface area contributed by atoms with E-state index in [1.54, 1.807) is 0 Å². The van der Waals surface area contributed by atoms with Crippen molar-refractivity contribution in [2.45, 2.75) is 13.8 Å².